The van der Waals surface area contributed by atoms with Gasteiger partial charge in [0.25, 0.3) is 0 Å². The first kappa shape index (κ1) is 15.6. The van der Waals surface area contributed by atoms with Crippen molar-refractivity contribution in [2.75, 3.05) is 5.73 Å². The van der Waals surface area contributed by atoms with Gasteiger partial charge in [-0.3, -0.25) is 4.79 Å². The van der Waals surface area contributed by atoms with E-state index in [9.17, 15) is 9.18 Å². The Labute approximate surface area is 137 Å². The summed E-state index contributed by atoms with van der Waals surface area (Å²) in [5.41, 5.74) is 5.74. The third-order valence-electron chi connectivity index (χ3n) is 2.57. The third-order valence-corrected chi connectivity index (χ3v) is 4.59. The summed E-state index contributed by atoms with van der Waals surface area (Å²) in [6.45, 7) is 0. The second-order valence-corrected chi connectivity index (χ2v) is 5.98. The van der Waals surface area contributed by atoms with E-state index >= 15 is 0 Å². The van der Waals surface area contributed by atoms with Crippen LogP contribution >= 0.6 is 50.7 Å². The molecule has 0 radical (unpaired) electrons. The molecule has 7 heteroatoms. The largest absolute Gasteiger partial charge is 0.397 e. The molecule has 0 unspecified atom stereocenters. The second-order valence-electron chi connectivity index (χ2n) is 3.94. The van der Waals surface area contributed by atoms with Crippen molar-refractivity contribution in [3.8, 4) is 0 Å². The first-order chi connectivity index (χ1) is 9.31. The Kier molecular flexibility index (Phi) is 4.59. The molecule has 0 aliphatic heterocycles. The smallest absolute Gasteiger partial charge is 0.196 e. The normalized spacial score (nSPS) is 10.7. The predicted octanol–water partition coefficient (Wildman–Crippen LogP) is 5.36. The van der Waals surface area contributed by atoms with Crippen molar-refractivity contribution in [1.29, 1.82) is 0 Å². The SMILES string of the molecule is Nc1cc(C(=O)c2cc(Cl)c(Br)cc2F)cc(Cl)c1Cl. The van der Waals surface area contributed by atoms with E-state index in [0.717, 1.165) is 6.07 Å². The highest BCUT2D eigenvalue weighted by atomic mass is 79.9. The number of hydrogen-bond acceptors (Lipinski definition) is 2. The van der Waals surface area contributed by atoms with Crippen LogP contribution in [0.15, 0.2) is 28.7 Å². The zero-order valence-corrected chi connectivity index (χ0v) is 13.5. The fourth-order valence-electron chi connectivity index (χ4n) is 1.59. The first-order valence-electron chi connectivity index (χ1n) is 5.25. The number of nitrogen functional groups attached to an aromatic ring is 1. The quantitative estimate of drug-likeness (QED) is 0.421. The van der Waals surface area contributed by atoms with Gasteiger partial charge in [0.2, 0.25) is 0 Å². The summed E-state index contributed by atoms with van der Waals surface area (Å²) in [7, 11) is 0. The molecule has 0 heterocycles. The molecule has 0 amide bonds. The number of carbonyl (C=O) groups is 1. The second kappa shape index (κ2) is 5.90. The molecule has 0 aliphatic rings. The highest BCUT2D eigenvalue weighted by Crippen LogP contribution is 2.32. The van der Waals surface area contributed by atoms with Crippen LogP contribution in [-0.4, -0.2) is 5.78 Å². The van der Waals surface area contributed by atoms with Gasteiger partial charge in [-0.2, -0.15) is 0 Å². The van der Waals surface area contributed by atoms with Crippen molar-refractivity contribution in [2.24, 2.45) is 0 Å². The molecule has 0 bridgehead atoms. The van der Waals surface area contributed by atoms with Gasteiger partial charge in [-0.1, -0.05) is 34.8 Å². The van der Waals surface area contributed by atoms with Crippen LogP contribution in [0.25, 0.3) is 0 Å². The Hall–Kier alpha value is -0.810. The number of hydrogen-bond donors (Lipinski definition) is 1. The van der Waals surface area contributed by atoms with Crippen LogP contribution in [0.1, 0.15) is 15.9 Å². The highest BCUT2D eigenvalue weighted by Gasteiger charge is 2.18. The van der Waals surface area contributed by atoms with Crippen LogP contribution in [0.3, 0.4) is 0 Å². The topological polar surface area (TPSA) is 43.1 Å². The first-order valence-corrected chi connectivity index (χ1v) is 7.17. The molecular formula is C13H6BrCl3FNO. The maximum absolute atomic E-state index is 13.8. The molecule has 2 aromatic carbocycles. The lowest BCUT2D eigenvalue weighted by molar-refractivity contribution is 0.103. The predicted molar refractivity (Wildman–Crippen MR) is 83.4 cm³/mol. The minimum absolute atomic E-state index is 0.124. The van der Waals surface area contributed by atoms with Crippen LogP contribution in [-0.2, 0) is 0 Å². The zero-order chi connectivity index (χ0) is 15.0. The number of rotatable bonds is 2. The van der Waals surface area contributed by atoms with Crippen LogP contribution in [0.4, 0.5) is 10.1 Å². The Balaban J connectivity index is 2.55. The van der Waals surface area contributed by atoms with E-state index in [4.69, 9.17) is 40.5 Å². The van der Waals surface area contributed by atoms with Gasteiger partial charge in [-0.25, -0.2) is 4.39 Å². The fraction of sp³-hybridized carbons (Fsp3) is 0. The van der Waals surface area contributed by atoms with Gasteiger partial charge in [-0.05, 0) is 40.2 Å². The lowest BCUT2D eigenvalue weighted by atomic mass is 10.0. The summed E-state index contributed by atoms with van der Waals surface area (Å²) in [5.74, 6) is -1.28. The van der Waals surface area contributed by atoms with Gasteiger partial charge in [-0.15, -0.1) is 0 Å². The summed E-state index contributed by atoms with van der Waals surface area (Å²) < 4.78 is 14.2. The van der Waals surface area contributed by atoms with E-state index in [1.807, 2.05) is 0 Å². The van der Waals surface area contributed by atoms with Gasteiger partial charge in [0.15, 0.2) is 5.78 Å². The Bertz CT molecular complexity index is 698. The highest BCUT2D eigenvalue weighted by molar-refractivity contribution is 9.10. The molecule has 0 aromatic heterocycles. The summed E-state index contributed by atoms with van der Waals surface area (Å²) in [4.78, 5) is 12.3. The Morgan fingerprint density at radius 2 is 1.75 bits per heavy atom. The minimum atomic E-state index is -0.698. The number of halogens is 5. The van der Waals surface area contributed by atoms with Gasteiger partial charge >= 0.3 is 0 Å². The number of ketones is 1. The van der Waals surface area contributed by atoms with Gasteiger partial charge < -0.3 is 5.73 Å². The van der Waals surface area contributed by atoms with E-state index in [1.165, 1.54) is 18.2 Å². The maximum atomic E-state index is 13.8. The van der Waals surface area contributed by atoms with Crippen molar-refractivity contribution in [1.82, 2.24) is 0 Å². The molecule has 20 heavy (non-hydrogen) atoms. The van der Waals surface area contributed by atoms with Crippen LogP contribution < -0.4 is 5.73 Å². The van der Waals surface area contributed by atoms with Gasteiger partial charge in [0.05, 0.1) is 26.3 Å². The number of carbonyl (C=O) groups excluding carboxylic acids is 1. The van der Waals surface area contributed by atoms with Crippen LogP contribution in [0, 0.1) is 5.82 Å². The monoisotopic (exact) mass is 395 g/mol. The molecule has 2 aromatic rings. The third kappa shape index (κ3) is 2.93. The standard InChI is InChI=1S/C13H6BrCl3FNO/c14-7-4-10(18)6(3-8(7)15)13(20)5-1-9(16)12(17)11(19)2-5/h1-4H,19H2. The van der Waals surface area contributed by atoms with E-state index in [-0.39, 0.29) is 31.9 Å². The van der Waals surface area contributed by atoms with Crippen LogP contribution in [0.2, 0.25) is 15.1 Å². The molecule has 0 saturated carbocycles. The molecule has 0 fully saturated rings. The van der Waals surface area contributed by atoms with Crippen molar-refractivity contribution >= 4 is 62.2 Å². The number of benzene rings is 2. The molecule has 0 saturated heterocycles. The van der Waals surface area contributed by atoms with Crippen molar-refractivity contribution in [2.45, 2.75) is 0 Å². The van der Waals surface area contributed by atoms with Crippen molar-refractivity contribution in [3.63, 3.8) is 0 Å². The number of nitrogens with two attached hydrogens (primary N) is 1. The summed E-state index contributed by atoms with van der Waals surface area (Å²) >= 11 is 20.6. The molecule has 2 nitrogen and oxygen atoms in total. The lowest BCUT2D eigenvalue weighted by Crippen LogP contribution is -2.06. The average molecular weight is 397 g/mol. The molecule has 104 valence electrons. The lowest BCUT2D eigenvalue weighted by Gasteiger charge is -2.08. The van der Waals surface area contributed by atoms with Crippen LogP contribution in [0.5, 0.6) is 0 Å². The fourth-order valence-corrected chi connectivity index (χ4v) is 2.41. The molecule has 2 rings (SSSR count). The Morgan fingerprint density at radius 1 is 1.10 bits per heavy atom. The maximum Gasteiger partial charge on any atom is 0.196 e. The minimum Gasteiger partial charge on any atom is -0.397 e. The van der Waals surface area contributed by atoms with E-state index in [1.54, 1.807) is 0 Å². The molecule has 0 spiro atoms. The van der Waals surface area contributed by atoms with Gasteiger partial charge in [0.1, 0.15) is 5.82 Å². The molecule has 0 atom stereocenters. The molecule has 2 N–H and O–H groups in total. The molecule has 0 aliphatic carbocycles. The number of anilines is 1. The van der Waals surface area contributed by atoms with E-state index in [2.05, 4.69) is 15.9 Å². The van der Waals surface area contributed by atoms with Crippen molar-refractivity contribution in [3.05, 3.63) is 60.8 Å². The summed E-state index contributed by atoms with van der Waals surface area (Å²) in [6, 6.07) is 5.03. The average Bonchev–Trinajstić information content (AvgIpc) is 2.38. The van der Waals surface area contributed by atoms with E-state index < -0.39 is 11.6 Å². The zero-order valence-electron chi connectivity index (χ0n) is 9.68. The summed E-state index contributed by atoms with van der Waals surface area (Å²) in [5, 5.41) is 0.499. The summed E-state index contributed by atoms with van der Waals surface area (Å²) in [6.07, 6.45) is 0. The molecular weight excluding hydrogens is 391 g/mol. The van der Waals surface area contributed by atoms with Crippen molar-refractivity contribution < 1.29 is 9.18 Å². The van der Waals surface area contributed by atoms with E-state index in [0.29, 0.717) is 4.47 Å². The Morgan fingerprint density at radius 3 is 2.35 bits per heavy atom. The van der Waals surface area contributed by atoms with Gasteiger partial charge in [0, 0.05) is 10.0 Å².